The Morgan fingerprint density at radius 3 is 2.35 bits per heavy atom. The van der Waals surface area contributed by atoms with Crippen molar-refractivity contribution in [3.05, 3.63) is 0 Å². The third-order valence-electron chi connectivity index (χ3n) is 2.85. The predicted molar refractivity (Wildman–Crippen MR) is 59.9 cm³/mol. The predicted octanol–water partition coefficient (Wildman–Crippen LogP) is 0.693. The third kappa shape index (κ3) is 4.42. The number of urea groups is 1. The molecule has 0 bridgehead atoms. The molecular weight excluding hydrogens is 224 g/mol. The first-order valence-electron chi connectivity index (χ1n) is 5.81. The Bertz CT molecular complexity index is 311. The van der Waals surface area contributed by atoms with Crippen LogP contribution < -0.4 is 11.1 Å². The highest BCUT2D eigenvalue weighted by molar-refractivity contribution is 5.96. The standard InChI is InChI=1S/C11H18N2O4/c1-7(9(14)13-11(12)16)17-10(15)8-5-3-2-4-6-8/h7-8H,2-6H2,1H3,(H3,12,13,14,16)/t7-/m1/s1. The molecule has 6 heteroatoms. The van der Waals surface area contributed by atoms with Crippen molar-refractivity contribution >= 4 is 17.9 Å². The lowest BCUT2D eigenvalue weighted by Crippen LogP contribution is -2.42. The van der Waals surface area contributed by atoms with Gasteiger partial charge in [-0.05, 0) is 19.8 Å². The zero-order valence-corrected chi connectivity index (χ0v) is 9.90. The van der Waals surface area contributed by atoms with Gasteiger partial charge in [-0.1, -0.05) is 19.3 Å². The average Bonchev–Trinajstić information content (AvgIpc) is 2.29. The number of rotatable bonds is 3. The van der Waals surface area contributed by atoms with Gasteiger partial charge >= 0.3 is 12.0 Å². The van der Waals surface area contributed by atoms with E-state index in [-0.39, 0.29) is 11.9 Å². The molecule has 1 aliphatic carbocycles. The Labute approximate surface area is 99.9 Å². The van der Waals surface area contributed by atoms with Crippen LogP contribution in [0.2, 0.25) is 0 Å². The van der Waals surface area contributed by atoms with Gasteiger partial charge in [0.15, 0.2) is 6.10 Å². The van der Waals surface area contributed by atoms with Gasteiger partial charge in [-0.3, -0.25) is 14.9 Å². The summed E-state index contributed by atoms with van der Waals surface area (Å²) in [6.45, 7) is 1.42. The molecule has 96 valence electrons. The molecule has 0 saturated heterocycles. The molecule has 6 nitrogen and oxygen atoms in total. The number of amides is 3. The number of nitrogens with two attached hydrogens (primary N) is 1. The summed E-state index contributed by atoms with van der Waals surface area (Å²) in [5, 5.41) is 1.87. The zero-order valence-electron chi connectivity index (χ0n) is 9.90. The van der Waals surface area contributed by atoms with Gasteiger partial charge in [0.05, 0.1) is 5.92 Å². The van der Waals surface area contributed by atoms with E-state index in [0.29, 0.717) is 0 Å². The highest BCUT2D eigenvalue weighted by Gasteiger charge is 2.26. The maximum Gasteiger partial charge on any atom is 0.318 e. The van der Waals surface area contributed by atoms with Gasteiger partial charge < -0.3 is 10.5 Å². The molecule has 0 aliphatic heterocycles. The molecule has 0 unspecified atom stereocenters. The Morgan fingerprint density at radius 2 is 1.82 bits per heavy atom. The van der Waals surface area contributed by atoms with Crippen LogP contribution in [0, 0.1) is 5.92 Å². The minimum Gasteiger partial charge on any atom is -0.452 e. The molecule has 1 rings (SSSR count). The van der Waals surface area contributed by atoms with Crippen LogP contribution in [0.25, 0.3) is 0 Å². The van der Waals surface area contributed by atoms with E-state index in [1.807, 2.05) is 5.32 Å². The Kier molecular flexibility index (Phi) is 4.93. The molecule has 0 aromatic heterocycles. The summed E-state index contributed by atoms with van der Waals surface area (Å²) in [6, 6.07) is -0.949. The molecule has 1 aliphatic rings. The Hall–Kier alpha value is -1.59. The van der Waals surface area contributed by atoms with Crippen LogP contribution in [0.5, 0.6) is 0 Å². The van der Waals surface area contributed by atoms with Crippen LogP contribution >= 0.6 is 0 Å². The van der Waals surface area contributed by atoms with Crippen LogP contribution in [0.1, 0.15) is 39.0 Å². The summed E-state index contributed by atoms with van der Waals surface area (Å²) in [7, 11) is 0. The van der Waals surface area contributed by atoms with Crippen molar-refractivity contribution in [1.82, 2.24) is 5.32 Å². The Balaban J connectivity index is 2.38. The highest BCUT2D eigenvalue weighted by Crippen LogP contribution is 2.24. The minimum absolute atomic E-state index is 0.118. The average molecular weight is 242 g/mol. The number of ether oxygens (including phenoxy) is 1. The number of hydrogen-bond acceptors (Lipinski definition) is 4. The normalized spacial score (nSPS) is 18.2. The lowest BCUT2D eigenvalue weighted by molar-refractivity contribution is -0.159. The SMILES string of the molecule is C[C@@H](OC(=O)C1CCCCC1)C(=O)NC(N)=O. The first kappa shape index (κ1) is 13.5. The number of carbonyl (C=O) groups is 3. The van der Waals surface area contributed by atoms with Crippen molar-refractivity contribution in [2.24, 2.45) is 11.7 Å². The summed E-state index contributed by atoms with van der Waals surface area (Å²) in [5.41, 5.74) is 4.79. The first-order valence-corrected chi connectivity index (χ1v) is 5.81. The molecule has 3 N–H and O–H groups in total. The van der Waals surface area contributed by atoms with E-state index in [4.69, 9.17) is 10.5 Å². The Morgan fingerprint density at radius 1 is 1.24 bits per heavy atom. The molecular formula is C11H18N2O4. The van der Waals surface area contributed by atoms with Crippen LogP contribution in [0.15, 0.2) is 0 Å². The maximum absolute atomic E-state index is 11.7. The van der Waals surface area contributed by atoms with Crippen molar-refractivity contribution in [1.29, 1.82) is 0 Å². The number of esters is 1. The second kappa shape index (κ2) is 6.22. The fourth-order valence-corrected chi connectivity index (χ4v) is 1.89. The van der Waals surface area contributed by atoms with Gasteiger partial charge in [0.25, 0.3) is 5.91 Å². The van der Waals surface area contributed by atoms with E-state index >= 15 is 0 Å². The van der Waals surface area contributed by atoms with Crippen molar-refractivity contribution in [3.63, 3.8) is 0 Å². The van der Waals surface area contributed by atoms with E-state index in [1.54, 1.807) is 0 Å². The number of hydrogen-bond donors (Lipinski definition) is 2. The molecule has 3 amide bonds. The summed E-state index contributed by atoms with van der Waals surface area (Å²) in [4.78, 5) is 33.4. The highest BCUT2D eigenvalue weighted by atomic mass is 16.5. The van der Waals surface area contributed by atoms with E-state index in [9.17, 15) is 14.4 Å². The van der Waals surface area contributed by atoms with E-state index in [2.05, 4.69) is 0 Å². The van der Waals surface area contributed by atoms with Gasteiger partial charge in [-0.25, -0.2) is 4.79 Å². The summed E-state index contributed by atoms with van der Waals surface area (Å²) in [5.74, 6) is -1.17. The van der Waals surface area contributed by atoms with Gasteiger partial charge in [0.1, 0.15) is 0 Å². The van der Waals surface area contributed by atoms with E-state index in [0.717, 1.165) is 32.1 Å². The van der Waals surface area contributed by atoms with E-state index < -0.39 is 18.0 Å². The van der Waals surface area contributed by atoms with E-state index in [1.165, 1.54) is 6.92 Å². The van der Waals surface area contributed by atoms with Crippen LogP contribution in [0.3, 0.4) is 0 Å². The second-order valence-electron chi connectivity index (χ2n) is 4.27. The van der Waals surface area contributed by atoms with Crippen LogP contribution in [-0.4, -0.2) is 24.0 Å². The molecule has 0 aromatic rings. The van der Waals surface area contributed by atoms with Gasteiger partial charge in [-0.2, -0.15) is 0 Å². The number of carbonyl (C=O) groups excluding carboxylic acids is 3. The third-order valence-corrected chi connectivity index (χ3v) is 2.85. The van der Waals surface area contributed by atoms with Crippen molar-refractivity contribution in [3.8, 4) is 0 Å². The molecule has 0 aromatic carbocycles. The summed E-state index contributed by atoms with van der Waals surface area (Å²) in [6.07, 6.45) is 3.80. The smallest absolute Gasteiger partial charge is 0.318 e. The zero-order chi connectivity index (χ0) is 12.8. The lowest BCUT2D eigenvalue weighted by Gasteiger charge is -2.21. The molecule has 1 saturated carbocycles. The molecule has 1 atom stereocenters. The van der Waals surface area contributed by atoms with Crippen molar-refractivity contribution < 1.29 is 19.1 Å². The van der Waals surface area contributed by atoms with Gasteiger partial charge in [0.2, 0.25) is 0 Å². The first-order chi connectivity index (χ1) is 8.00. The van der Waals surface area contributed by atoms with Crippen LogP contribution in [0.4, 0.5) is 4.79 Å². The monoisotopic (exact) mass is 242 g/mol. The summed E-state index contributed by atoms with van der Waals surface area (Å²) < 4.78 is 4.99. The molecule has 0 heterocycles. The molecule has 1 fully saturated rings. The fourth-order valence-electron chi connectivity index (χ4n) is 1.89. The number of nitrogens with one attached hydrogen (secondary N) is 1. The fraction of sp³-hybridized carbons (Fsp3) is 0.727. The second-order valence-corrected chi connectivity index (χ2v) is 4.27. The minimum atomic E-state index is -0.989. The number of imide groups is 1. The largest absolute Gasteiger partial charge is 0.452 e. The lowest BCUT2D eigenvalue weighted by atomic mass is 9.89. The quantitative estimate of drug-likeness (QED) is 0.711. The topological polar surface area (TPSA) is 98.5 Å². The molecule has 17 heavy (non-hydrogen) atoms. The summed E-state index contributed by atoms with van der Waals surface area (Å²) >= 11 is 0. The maximum atomic E-state index is 11.7. The van der Waals surface area contributed by atoms with Crippen molar-refractivity contribution in [2.45, 2.75) is 45.1 Å². The molecule has 0 spiro atoms. The number of primary amides is 1. The van der Waals surface area contributed by atoms with Gasteiger partial charge in [-0.15, -0.1) is 0 Å². The van der Waals surface area contributed by atoms with Crippen molar-refractivity contribution in [2.75, 3.05) is 0 Å². The van der Waals surface area contributed by atoms with Crippen LogP contribution in [-0.2, 0) is 14.3 Å². The van der Waals surface area contributed by atoms with Gasteiger partial charge in [0, 0.05) is 0 Å². The molecule has 0 radical (unpaired) electrons.